The van der Waals surface area contributed by atoms with E-state index in [1.165, 1.54) is 24.2 Å². The molecule has 1 unspecified atom stereocenters. The molecule has 17 heavy (non-hydrogen) atoms. The van der Waals surface area contributed by atoms with Crippen molar-refractivity contribution >= 4 is 22.4 Å². The molecule has 0 aromatic carbocycles. The SMILES string of the molecule is CC(CNc1nc(C(=O)O)cs1)N(C)C1CC1. The number of aromatic nitrogens is 1. The Hall–Kier alpha value is -1.14. The number of carboxylic acids is 1. The Kier molecular flexibility index (Phi) is 3.63. The maximum Gasteiger partial charge on any atom is 0.355 e. The van der Waals surface area contributed by atoms with Crippen LogP contribution in [0.4, 0.5) is 5.13 Å². The lowest BCUT2D eigenvalue weighted by molar-refractivity contribution is 0.0691. The van der Waals surface area contributed by atoms with Crippen LogP contribution in [0.25, 0.3) is 0 Å². The summed E-state index contributed by atoms with van der Waals surface area (Å²) in [7, 11) is 2.13. The number of nitrogens with zero attached hydrogens (tertiary/aromatic N) is 2. The summed E-state index contributed by atoms with van der Waals surface area (Å²) in [5.74, 6) is -0.975. The lowest BCUT2D eigenvalue weighted by Gasteiger charge is -2.24. The minimum Gasteiger partial charge on any atom is -0.476 e. The molecule has 1 saturated carbocycles. The standard InChI is InChI=1S/C11H17N3O2S/c1-7(14(2)8-3-4-8)5-12-11-13-9(6-17-11)10(15)16/h6-8H,3-5H2,1-2H3,(H,12,13)(H,15,16). The fourth-order valence-corrected chi connectivity index (χ4v) is 2.37. The fourth-order valence-electron chi connectivity index (χ4n) is 1.67. The first-order chi connectivity index (χ1) is 8.08. The van der Waals surface area contributed by atoms with E-state index < -0.39 is 5.97 Å². The van der Waals surface area contributed by atoms with Crippen molar-refractivity contribution in [2.24, 2.45) is 0 Å². The van der Waals surface area contributed by atoms with Crippen molar-refractivity contribution in [3.8, 4) is 0 Å². The lowest BCUT2D eigenvalue weighted by atomic mass is 10.3. The summed E-state index contributed by atoms with van der Waals surface area (Å²) < 4.78 is 0. The van der Waals surface area contributed by atoms with Gasteiger partial charge in [-0.2, -0.15) is 0 Å². The van der Waals surface area contributed by atoms with Crippen LogP contribution in [0, 0.1) is 0 Å². The van der Waals surface area contributed by atoms with E-state index in [0.717, 1.165) is 12.6 Å². The van der Waals surface area contributed by atoms with Gasteiger partial charge in [-0.15, -0.1) is 11.3 Å². The average Bonchev–Trinajstić information content (AvgIpc) is 3.03. The van der Waals surface area contributed by atoms with E-state index in [9.17, 15) is 4.79 Å². The molecule has 1 aromatic rings. The van der Waals surface area contributed by atoms with Gasteiger partial charge < -0.3 is 10.4 Å². The van der Waals surface area contributed by atoms with Crippen molar-refractivity contribution in [3.63, 3.8) is 0 Å². The van der Waals surface area contributed by atoms with E-state index in [1.807, 2.05) is 0 Å². The predicted octanol–water partition coefficient (Wildman–Crippen LogP) is 1.74. The smallest absolute Gasteiger partial charge is 0.355 e. The zero-order valence-electron chi connectivity index (χ0n) is 10.0. The Labute approximate surface area is 104 Å². The minimum atomic E-state index is -0.975. The van der Waals surface area contributed by atoms with Crippen molar-refractivity contribution in [1.82, 2.24) is 9.88 Å². The Morgan fingerprint density at radius 1 is 1.76 bits per heavy atom. The van der Waals surface area contributed by atoms with Crippen molar-refractivity contribution in [1.29, 1.82) is 0 Å². The summed E-state index contributed by atoms with van der Waals surface area (Å²) in [6.07, 6.45) is 2.59. The average molecular weight is 255 g/mol. The zero-order chi connectivity index (χ0) is 12.4. The monoisotopic (exact) mass is 255 g/mol. The fraction of sp³-hybridized carbons (Fsp3) is 0.636. The van der Waals surface area contributed by atoms with E-state index in [4.69, 9.17) is 5.11 Å². The van der Waals surface area contributed by atoms with Crippen LogP contribution in [0.1, 0.15) is 30.3 Å². The molecule has 1 aliphatic carbocycles. The molecule has 94 valence electrons. The van der Waals surface area contributed by atoms with Gasteiger partial charge >= 0.3 is 5.97 Å². The highest BCUT2D eigenvalue weighted by Gasteiger charge is 2.28. The summed E-state index contributed by atoms with van der Waals surface area (Å²) in [6.45, 7) is 2.95. The van der Waals surface area contributed by atoms with Crippen LogP contribution >= 0.6 is 11.3 Å². The van der Waals surface area contributed by atoms with Gasteiger partial charge in [0.25, 0.3) is 0 Å². The summed E-state index contributed by atoms with van der Waals surface area (Å²) in [5, 5.41) is 14.2. The Morgan fingerprint density at radius 2 is 2.47 bits per heavy atom. The normalized spacial score (nSPS) is 17.1. The molecule has 0 saturated heterocycles. The molecule has 2 N–H and O–H groups in total. The topological polar surface area (TPSA) is 65.5 Å². The maximum absolute atomic E-state index is 10.7. The summed E-state index contributed by atoms with van der Waals surface area (Å²) in [5.41, 5.74) is 0.112. The highest BCUT2D eigenvalue weighted by Crippen LogP contribution is 2.27. The van der Waals surface area contributed by atoms with Crippen molar-refractivity contribution in [2.75, 3.05) is 18.9 Å². The number of nitrogens with one attached hydrogen (secondary N) is 1. The van der Waals surface area contributed by atoms with Gasteiger partial charge in [-0.25, -0.2) is 9.78 Å². The molecule has 0 aliphatic heterocycles. The quantitative estimate of drug-likeness (QED) is 0.810. The van der Waals surface area contributed by atoms with Crippen LogP contribution in [-0.2, 0) is 0 Å². The Balaban J connectivity index is 1.82. The van der Waals surface area contributed by atoms with E-state index in [1.54, 1.807) is 5.38 Å². The third-order valence-electron chi connectivity index (χ3n) is 3.09. The van der Waals surface area contributed by atoms with Gasteiger partial charge in [0.1, 0.15) is 0 Å². The van der Waals surface area contributed by atoms with Crippen LogP contribution in [0.15, 0.2) is 5.38 Å². The molecule has 0 spiro atoms. The summed E-state index contributed by atoms with van der Waals surface area (Å²) in [4.78, 5) is 17.0. The van der Waals surface area contributed by atoms with Crippen LogP contribution < -0.4 is 5.32 Å². The van der Waals surface area contributed by atoms with Gasteiger partial charge in [0, 0.05) is 24.0 Å². The second kappa shape index (κ2) is 5.01. The van der Waals surface area contributed by atoms with E-state index in [2.05, 4.69) is 29.2 Å². The number of rotatable bonds is 6. The van der Waals surface area contributed by atoms with Crippen LogP contribution in [0.5, 0.6) is 0 Å². The van der Waals surface area contributed by atoms with Crippen LogP contribution in [-0.4, -0.2) is 46.6 Å². The zero-order valence-corrected chi connectivity index (χ0v) is 10.8. The van der Waals surface area contributed by atoms with Gasteiger partial charge in [0.05, 0.1) is 0 Å². The molecule has 1 aliphatic rings. The first-order valence-corrected chi connectivity index (χ1v) is 6.60. The second-order valence-corrected chi connectivity index (χ2v) is 5.33. The molecule has 0 amide bonds. The molecular formula is C11H17N3O2S. The number of likely N-dealkylation sites (N-methyl/N-ethyl adjacent to an activating group) is 1. The summed E-state index contributed by atoms with van der Waals surface area (Å²) >= 11 is 1.33. The number of aromatic carboxylic acids is 1. The Bertz CT molecular complexity index is 403. The van der Waals surface area contributed by atoms with E-state index in [-0.39, 0.29) is 5.69 Å². The van der Waals surface area contributed by atoms with Gasteiger partial charge in [0.2, 0.25) is 0 Å². The molecule has 0 radical (unpaired) electrons. The Morgan fingerprint density at radius 3 is 3.00 bits per heavy atom. The first-order valence-electron chi connectivity index (χ1n) is 5.72. The molecule has 1 heterocycles. The first kappa shape index (κ1) is 12.3. The highest BCUT2D eigenvalue weighted by atomic mass is 32.1. The molecule has 2 rings (SSSR count). The number of hydrogen-bond donors (Lipinski definition) is 2. The molecule has 0 bridgehead atoms. The van der Waals surface area contributed by atoms with Gasteiger partial charge in [-0.3, -0.25) is 4.90 Å². The predicted molar refractivity (Wildman–Crippen MR) is 67.8 cm³/mol. The van der Waals surface area contributed by atoms with Gasteiger partial charge in [-0.1, -0.05) is 0 Å². The van der Waals surface area contributed by atoms with Crippen molar-refractivity contribution in [2.45, 2.75) is 31.8 Å². The number of thiazole rings is 1. The van der Waals surface area contributed by atoms with Crippen molar-refractivity contribution < 1.29 is 9.90 Å². The highest BCUT2D eigenvalue weighted by molar-refractivity contribution is 7.13. The van der Waals surface area contributed by atoms with Crippen molar-refractivity contribution in [3.05, 3.63) is 11.1 Å². The third kappa shape index (κ3) is 3.17. The molecule has 1 fully saturated rings. The molecule has 6 heteroatoms. The van der Waals surface area contributed by atoms with Gasteiger partial charge in [-0.05, 0) is 26.8 Å². The molecule has 1 atom stereocenters. The third-order valence-corrected chi connectivity index (χ3v) is 3.89. The maximum atomic E-state index is 10.7. The lowest BCUT2D eigenvalue weighted by Crippen LogP contribution is -2.36. The van der Waals surface area contributed by atoms with Crippen LogP contribution in [0.3, 0.4) is 0 Å². The van der Waals surface area contributed by atoms with E-state index >= 15 is 0 Å². The number of anilines is 1. The summed E-state index contributed by atoms with van der Waals surface area (Å²) in [6, 6.07) is 1.16. The number of carbonyl (C=O) groups is 1. The van der Waals surface area contributed by atoms with Gasteiger partial charge in [0.15, 0.2) is 10.8 Å². The largest absolute Gasteiger partial charge is 0.476 e. The molecular weight excluding hydrogens is 238 g/mol. The number of carboxylic acid groups (broad SMARTS) is 1. The van der Waals surface area contributed by atoms with E-state index in [0.29, 0.717) is 11.2 Å². The second-order valence-electron chi connectivity index (χ2n) is 4.47. The molecule has 1 aromatic heterocycles. The number of hydrogen-bond acceptors (Lipinski definition) is 5. The van der Waals surface area contributed by atoms with Crippen LogP contribution in [0.2, 0.25) is 0 Å². The minimum absolute atomic E-state index is 0.112. The molecule has 5 nitrogen and oxygen atoms in total.